The number of hydrogen-bond acceptors (Lipinski definition) is 4. The van der Waals surface area contributed by atoms with Crippen molar-refractivity contribution >= 4 is 28.2 Å². The quantitative estimate of drug-likeness (QED) is 0.660. The summed E-state index contributed by atoms with van der Waals surface area (Å²) in [4.78, 5) is 16.9. The molecule has 1 saturated carbocycles. The van der Waals surface area contributed by atoms with Crippen LogP contribution in [0.15, 0.2) is 48.7 Å². The van der Waals surface area contributed by atoms with E-state index in [1.54, 1.807) is 6.20 Å². The molecule has 5 nitrogen and oxygen atoms in total. The molecule has 0 unspecified atom stereocenters. The number of nitrogens with zero attached hydrogens (tertiary/aromatic N) is 2. The Hall–Kier alpha value is -3.39. The number of nitrogens with two attached hydrogens (primary N) is 1. The van der Waals surface area contributed by atoms with Gasteiger partial charge in [-0.1, -0.05) is 31.2 Å². The third kappa shape index (κ3) is 3.18. The van der Waals surface area contributed by atoms with Crippen LogP contribution in [0.5, 0.6) is 0 Å². The lowest BCUT2D eigenvalue weighted by Crippen LogP contribution is -2.16. The number of aryl methyl sites for hydroxylation is 1. The molecule has 3 aromatic rings. The number of anilines is 2. The van der Waals surface area contributed by atoms with Crippen molar-refractivity contribution in [3.63, 3.8) is 0 Å². The number of fused-ring (bicyclic) bond motifs is 1. The van der Waals surface area contributed by atoms with E-state index < -0.39 is 0 Å². The van der Waals surface area contributed by atoms with Crippen LogP contribution in [0.1, 0.15) is 18.9 Å². The molecule has 4 rings (SSSR count). The van der Waals surface area contributed by atoms with E-state index in [0.717, 1.165) is 21.9 Å². The summed E-state index contributed by atoms with van der Waals surface area (Å²) in [6.45, 7) is 4.08. The molecule has 0 spiro atoms. The van der Waals surface area contributed by atoms with Gasteiger partial charge in [-0.2, -0.15) is 5.26 Å². The van der Waals surface area contributed by atoms with Gasteiger partial charge in [-0.15, -0.1) is 0 Å². The minimum Gasteiger partial charge on any atom is -0.398 e. The van der Waals surface area contributed by atoms with Crippen molar-refractivity contribution in [3.8, 4) is 17.2 Å². The molecule has 28 heavy (non-hydrogen) atoms. The third-order valence-corrected chi connectivity index (χ3v) is 5.77. The highest BCUT2D eigenvalue weighted by Crippen LogP contribution is 2.48. The predicted molar refractivity (Wildman–Crippen MR) is 111 cm³/mol. The molecule has 3 N–H and O–H groups in total. The van der Waals surface area contributed by atoms with Crippen LogP contribution in [0.2, 0.25) is 0 Å². The van der Waals surface area contributed by atoms with Crippen LogP contribution < -0.4 is 11.1 Å². The van der Waals surface area contributed by atoms with Crippen LogP contribution in [0.25, 0.3) is 21.9 Å². The first-order valence-corrected chi connectivity index (χ1v) is 9.42. The Bertz CT molecular complexity index is 1120. The van der Waals surface area contributed by atoms with Crippen molar-refractivity contribution in [1.29, 1.82) is 5.26 Å². The van der Waals surface area contributed by atoms with E-state index in [4.69, 9.17) is 11.0 Å². The molecule has 5 heteroatoms. The molecule has 0 radical (unpaired) electrons. The zero-order valence-electron chi connectivity index (χ0n) is 15.9. The smallest absolute Gasteiger partial charge is 0.229 e. The van der Waals surface area contributed by atoms with Gasteiger partial charge >= 0.3 is 0 Å². The average molecular weight is 370 g/mol. The van der Waals surface area contributed by atoms with E-state index in [9.17, 15) is 4.79 Å². The van der Waals surface area contributed by atoms with Crippen molar-refractivity contribution in [1.82, 2.24) is 4.98 Å². The number of aromatic nitrogens is 1. The lowest BCUT2D eigenvalue weighted by atomic mass is 9.97. The normalized spacial score (nSPS) is 20.5. The molecule has 1 aliphatic carbocycles. The van der Waals surface area contributed by atoms with Gasteiger partial charge in [-0.05, 0) is 59.0 Å². The van der Waals surface area contributed by atoms with Gasteiger partial charge in [0, 0.05) is 29.6 Å². The number of amides is 1. The summed E-state index contributed by atoms with van der Waals surface area (Å²) < 4.78 is 0. The zero-order valence-corrected chi connectivity index (χ0v) is 15.9. The fourth-order valence-corrected chi connectivity index (χ4v) is 4.01. The average Bonchev–Trinajstić information content (AvgIpc) is 3.31. The van der Waals surface area contributed by atoms with E-state index in [1.807, 2.05) is 31.2 Å². The fourth-order valence-electron chi connectivity index (χ4n) is 4.01. The van der Waals surface area contributed by atoms with Gasteiger partial charge in [0.05, 0.1) is 6.07 Å². The lowest BCUT2D eigenvalue weighted by molar-refractivity contribution is -0.117. The second-order valence-corrected chi connectivity index (χ2v) is 7.57. The van der Waals surface area contributed by atoms with Crippen molar-refractivity contribution in [3.05, 3.63) is 54.2 Å². The number of benzene rings is 2. The van der Waals surface area contributed by atoms with Crippen molar-refractivity contribution in [2.75, 3.05) is 11.1 Å². The monoisotopic (exact) mass is 370 g/mol. The highest BCUT2D eigenvalue weighted by Gasteiger charge is 2.51. The minimum atomic E-state index is -0.111. The molecule has 1 aromatic heterocycles. The number of nitrogen functional groups attached to an aromatic ring is 1. The summed E-state index contributed by atoms with van der Waals surface area (Å²) in [6, 6.07) is 16.2. The van der Waals surface area contributed by atoms with Gasteiger partial charge < -0.3 is 11.1 Å². The van der Waals surface area contributed by atoms with Gasteiger partial charge in [-0.3, -0.25) is 4.79 Å². The van der Waals surface area contributed by atoms with Crippen molar-refractivity contribution < 1.29 is 4.79 Å². The topological polar surface area (TPSA) is 91.8 Å². The Morgan fingerprint density at radius 1 is 1.29 bits per heavy atom. The number of hydrogen-bond donors (Lipinski definition) is 2. The second kappa shape index (κ2) is 6.97. The Labute approximate surface area is 164 Å². The maximum absolute atomic E-state index is 12.5. The van der Waals surface area contributed by atoms with Crippen molar-refractivity contribution in [2.24, 2.45) is 17.8 Å². The van der Waals surface area contributed by atoms with Crippen LogP contribution in [0.4, 0.5) is 11.5 Å². The summed E-state index contributed by atoms with van der Waals surface area (Å²) in [6.07, 6.45) is 2.12. The summed E-state index contributed by atoms with van der Waals surface area (Å²) in [5.41, 5.74) is 10.3. The number of rotatable bonds is 4. The number of nitrogens with one attached hydrogen (secondary N) is 1. The number of carbonyl (C=O) groups is 1. The third-order valence-electron chi connectivity index (χ3n) is 5.77. The van der Waals surface area contributed by atoms with E-state index in [2.05, 4.69) is 41.5 Å². The molecule has 0 bridgehead atoms. The molecule has 1 aliphatic rings. The zero-order chi connectivity index (χ0) is 19.8. The molecule has 0 aliphatic heterocycles. The van der Waals surface area contributed by atoms with Crippen LogP contribution in [0.3, 0.4) is 0 Å². The highest BCUT2D eigenvalue weighted by atomic mass is 16.2. The Morgan fingerprint density at radius 3 is 2.82 bits per heavy atom. The van der Waals surface area contributed by atoms with Crippen LogP contribution in [0, 0.1) is 36.0 Å². The Morgan fingerprint density at radius 2 is 2.07 bits per heavy atom. The Kier molecular flexibility index (Phi) is 4.48. The van der Waals surface area contributed by atoms with E-state index >= 15 is 0 Å². The molecule has 3 atom stereocenters. The molecule has 1 amide bonds. The number of carbonyl (C=O) groups excluding carboxylic acids is 1. The molecule has 0 saturated heterocycles. The summed E-state index contributed by atoms with van der Waals surface area (Å²) in [5, 5.41) is 13.6. The number of pyridine rings is 1. The summed E-state index contributed by atoms with van der Waals surface area (Å²) in [7, 11) is 0. The first-order valence-electron chi connectivity index (χ1n) is 9.42. The standard InChI is InChI=1S/C23H22N4O/c1-13-5-3-4-6-17(13)15-9-16-11-21(26-12-19(16)20(25)10-15)27-23(28)22-14(2)18(22)7-8-24/h3-6,9-12,14,18,22H,7,25H2,1-2H3,(H,26,27,28)/t14-,18-,22-/m0/s1. The van der Waals surface area contributed by atoms with Crippen LogP contribution in [-0.4, -0.2) is 10.9 Å². The molecule has 140 valence electrons. The van der Waals surface area contributed by atoms with Gasteiger partial charge in [0.15, 0.2) is 0 Å². The van der Waals surface area contributed by atoms with E-state index in [1.165, 1.54) is 5.56 Å². The largest absolute Gasteiger partial charge is 0.398 e. The van der Waals surface area contributed by atoms with Crippen LogP contribution in [-0.2, 0) is 4.79 Å². The molecule has 1 fully saturated rings. The minimum absolute atomic E-state index is 0.0670. The van der Waals surface area contributed by atoms with Crippen LogP contribution >= 0.6 is 0 Å². The van der Waals surface area contributed by atoms with Gasteiger partial charge in [0.25, 0.3) is 0 Å². The van der Waals surface area contributed by atoms with Gasteiger partial charge in [-0.25, -0.2) is 4.98 Å². The van der Waals surface area contributed by atoms with E-state index in [0.29, 0.717) is 17.9 Å². The highest BCUT2D eigenvalue weighted by molar-refractivity contribution is 6.00. The molecular weight excluding hydrogens is 348 g/mol. The maximum Gasteiger partial charge on any atom is 0.229 e. The Balaban J connectivity index is 1.64. The fraction of sp³-hybridized carbons (Fsp3) is 0.261. The SMILES string of the molecule is Cc1ccccc1-c1cc(N)c2cnc(NC(=O)[C@H]3[C@@H](C)[C@@H]3CC#N)cc2c1. The first-order chi connectivity index (χ1) is 13.5. The predicted octanol–water partition coefficient (Wildman–Crippen LogP) is 4.53. The second-order valence-electron chi connectivity index (χ2n) is 7.57. The molecular formula is C23H22N4O. The van der Waals surface area contributed by atoms with Gasteiger partial charge in [0.1, 0.15) is 5.82 Å². The van der Waals surface area contributed by atoms with Crippen molar-refractivity contribution in [2.45, 2.75) is 20.3 Å². The summed E-state index contributed by atoms with van der Waals surface area (Å²) in [5.74, 6) is 0.717. The van der Waals surface area contributed by atoms with Gasteiger partial charge in [0.2, 0.25) is 5.91 Å². The van der Waals surface area contributed by atoms with E-state index in [-0.39, 0.29) is 23.7 Å². The number of nitriles is 1. The summed E-state index contributed by atoms with van der Waals surface area (Å²) >= 11 is 0. The molecule has 1 heterocycles. The molecule has 2 aromatic carbocycles. The first kappa shape index (κ1) is 18.0. The maximum atomic E-state index is 12.5. The lowest BCUT2D eigenvalue weighted by Gasteiger charge is -2.11.